The van der Waals surface area contributed by atoms with Crippen LogP contribution in [0, 0.1) is 5.92 Å². The van der Waals surface area contributed by atoms with Crippen LogP contribution in [-0.2, 0) is 11.8 Å². The topological polar surface area (TPSA) is 84.7 Å². The van der Waals surface area contributed by atoms with Crippen molar-refractivity contribution in [1.82, 2.24) is 25.5 Å². The number of tetrazole rings is 1. The molecule has 1 aliphatic rings. The predicted octanol–water partition coefficient (Wildman–Crippen LogP) is -0.462. The number of carbonyl (C=O) groups excluding carboxylic acids is 1. The molecule has 0 radical (unpaired) electrons. The highest BCUT2D eigenvalue weighted by Gasteiger charge is 2.16. The number of carbonyl (C=O) groups is 1. The summed E-state index contributed by atoms with van der Waals surface area (Å²) in [4.78, 5) is 12.8. The molecule has 1 amide bonds. The number of nitrogens with zero attached hydrogens (tertiary/aromatic N) is 4. The fourth-order valence-electron chi connectivity index (χ4n) is 1.82. The van der Waals surface area contributed by atoms with Gasteiger partial charge in [-0.25, -0.2) is 0 Å². The second-order valence-corrected chi connectivity index (χ2v) is 4.05. The Bertz CT molecular complexity index is 357. The van der Waals surface area contributed by atoms with E-state index in [0.717, 1.165) is 25.9 Å². The molecule has 0 spiro atoms. The summed E-state index contributed by atoms with van der Waals surface area (Å²) < 4.78 is 0. The Morgan fingerprint density at radius 3 is 3.19 bits per heavy atom. The molecule has 2 rings (SSSR count). The summed E-state index contributed by atoms with van der Waals surface area (Å²) in [7, 11) is 1.66. The third-order valence-electron chi connectivity index (χ3n) is 2.70. The molecule has 0 saturated carbocycles. The summed E-state index contributed by atoms with van der Waals surface area (Å²) in [6.07, 6.45) is 2.60. The highest BCUT2D eigenvalue weighted by Crippen LogP contribution is 2.14. The molecule has 16 heavy (non-hydrogen) atoms. The van der Waals surface area contributed by atoms with E-state index in [2.05, 4.69) is 26.0 Å². The van der Waals surface area contributed by atoms with Crippen molar-refractivity contribution in [3.05, 3.63) is 0 Å². The van der Waals surface area contributed by atoms with Crippen LogP contribution in [0.4, 0.5) is 5.95 Å². The van der Waals surface area contributed by atoms with Gasteiger partial charge in [-0.1, -0.05) is 5.10 Å². The molecular formula is C9H16N6O. The van der Waals surface area contributed by atoms with Gasteiger partial charge in [0, 0.05) is 6.42 Å². The summed E-state index contributed by atoms with van der Waals surface area (Å²) >= 11 is 0. The van der Waals surface area contributed by atoms with Crippen LogP contribution < -0.4 is 10.6 Å². The van der Waals surface area contributed by atoms with E-state index in [0.29, 0.717) is 12.3 Å². The molecule has 0 aliphatic carbocycles. The zero-order chi connectivity index (χ0) is 11.4. The van der Waals surface area contributed by atoms with Crippen molar-refractivity contribution < 1.29 is 4.79 Å². The maximum atomic E-state index is 11.5. The predicted molar refractivity (Wildman–Crippen MR) is 57.6 cm³/mol. The second kappa shape index (κ2) is 5.02. The molecule has 7 nitrogen and oxygen atoms in total. The first-order chi connectivity index (χ1) is 7.74. The Morgan fingerprint density at radius 2 is 2.56 bits per heavy atom. The Morgan fingerprint density at radius 1 is 1.69 bits per heavy atom. The average Bonchev–Trinajstić information content (AvgIpc) is 2.87. The molecule has 7 heteroatoms. The highest BCUT2D eigenvalue weighted by molar-refractivity contribution is 5.88. The second-order valence-electron chi connectivity index (χ2n) is 4.05. The van der Waals surface area contributed by atoms with E-state index in [4.69, 9.17) is 0 Å². The minimum atomic E-state index is -0.0418. The molecule has 1 aliphatic heterocycles. The van der Waals surface area contributed by atoms with Crippen LogP contribution in [0.3, 0.4) is 0 Å². The third kappa shape index (κ3) is 2.99. The number of hydrogen-bond donors (Lipinski definition) is 2. The van der Waals surface area contributed by atoms with Crippen LogP contribution in [0.25, 0.3) is 0 Å². The molecule has 1 aromatic rings. The van der Waals surface area contributed by atoms with Crippen molar-refractivity contribution in [3.8, 4) is 0 Å². The minimum Gasteiger partial charge on any atom is -0.316 e. The lowest BCUT2D eigenvalue weighted by Gasteiger charge is -2.06. The summed E-state index contributed by atoms with van der Waals surface area (Å²) in [5.41, 5.74) is 0. The fraction of sp³-hybridized carbons (Fsp3) is 0.778. The van der Waals surface area contributed by atoms with Gasteiger partial charge in [0.2, 0.25) is 5.91 Å². The maximum Gasteiger partial charge on any atom is 0.270 e. The van der Waals surface area contributed by atoms with E-state index in [1.165, 1.54) is 4.80 Å². The van der Waals surface area contributed by atoms with Crippen LogP contribution in [-0.4, -0.2) is 39.2 Å². The number of aromatic nitrogens is 4. The van der Waals surface area contributed by atoms with E-state index < -0.39 is 0 Å². The van der Waals surface area contributed by atoms with E-state index in [1.807, 2.05) is 0 Å². The molecule has 1 atom stereocenters. The molecule has 1 fully saturated rings. The van der Waals surface area contributed by atoms with Crippen molar-refractivity contribution in [3.63, 3.8) is 0 Å². The van der Waals surface area contributed by atoms with Gasteiger partial charge in [-0.15, -0.1) is 5.10 Å². The summed E-state index contributed by atoms with van der Waals surface area (Å²) in [5.74, 6) is 0.859. The first kappa shape index (κ1) is 11.0. The van der Waals surface area contributed by atoms with Gasteiger partial charge in [0.25, 0.3) is 5.95 Å². The monoisotopic (exact) mass is 224 g/mol. The van der Waals surface area contributed by atoms with Gasteiger partial charge < -0.3 is 5.32 Å². The Labute approximate surface area is 93.6 Å². The standard InChI is InChI=1S/C9H16N6O/c1-15-13-9(12-14-15)11-8(16)3-2-7-4-5-10-6-7/h7,10H,2-6H2,1H3,(H,11,13,16). The number of hydrogen-bond acceptors (Lipinski definition) is 5. The van der Waals surface area contributed by atoms with Gasteiger partial charge in [0.15, 0.2) is 0 Å². The zero-order valence-electron chi connectivity index (χ0n) is 9.31. The van der Waals surface area contributed by atoms with Gasteiger partial charge in [-0.05, 0) is 37.1 Å². The quantitative estimate of drug-likeness (QED) is 0.722. The van der Waals surface area contributed by atoms with Crippen LogP contribution >= 0.6 is 0 Å². The number of anilines is 1. The first-order valence-corrected chi connectivity index (χ1v) is 5.48. The Kier molecular flexibility index (Phi) is 3.45. The molecule has 0 aromatic carbocycles. The van der Waals surface area contributed by atoms with Crippen molar-refractivity contribution in [2.45, 2.75) is 19.3 Å². The maximum absolute atomic E-state index is 11.5. The van der Waals surface area contributed by atoms with E-state index in [1.54, 1.807) is 7.05 Å². The molecule has 2 heterocycles. The average molecular weight is 224 g/mol. The first-order valence-electron chi connectivity index (χ1n) is 5.48. The van der Waals surface area contributed by atoms with Crippen molar-refractivity contribution in [1.29, 1.82) is 0 Å². The molecule has 88 valence electrons. The van der Waals surface area contributed by atoms with Crippen LogP contribution in [0.2, 0.25) is 0 Å². The highest BCUT2D eigenvalue weighted by atomic mass is 16.1. The van der Waals surface area contributed by atoms with Gasteiger partial charge in [-0.2, -0.15) is 4.80 Å². The Hall–Kier alpha value is -1.50. The van der Waals surface area contributed by atoms with E-state index >= 15 is 0 Å². The van der Waals surface area contributed by atoms with Gasteiger partial charge in [0.1, 0.15) is 0 Å². The number of amides is 1. The summed E-state index contributed by atoms with van der Waals surface area (Å²) in [6.45, 7) is 2.09. The smallest absolute Gasteiger partial charge is 0.270 e. The Balaban J connectivity index is 1.71. The fourth-order valence-corrected chi connectivity index (χ4v) is 1.82. The number of aryl methyl sites for hydroxylation is 1. The van der Waals surface area contributed by atoms with Crippen molar-refractivity contribution in [2.75, 3.05) is 18.4 Å². The van der Waals surface area contributed by atoms with Gasteiger partial charge in [0.05, 0.1) is 7.05 Å². The minimum absolute atomic E-state index is 0.0418. The summed E-state index contributed by atoms with van der Waals surface area (Å²) in [5, 5.41) is 17.1. The van der Waals surface area contributed by atoms with E-state index in [-0.39, 0.29) is 11.9 Å². The van der Waals surface area contributed by atoms with E-state index in [9.17, 15) is 4.79 Å². The largest absolute Gasteiger partial charge is 0.316 e. The molecule has 0 bridgehead atoms. The van der Waals surface area contributed by atoms with Crippen molar-refractivity contribution >= 4 is 11.9 Å². The summed E-state index contributed by atoms with van der Waals surface area (Å²) in [6, 6.07) is 0. The molecule has 1 unspecified atom stereocenters. The zero-order valence-corrected chi connectivity index (χ0v) is 9.31. The third-order valence-corrected chi connectivity index (χ3v) is 2.70. The number of nitrogens with one attached hydrogen (secondary N) is 2. The molecular weight excluding hydrogens is 208 g/mol. The molecule has 1 aromatic heterocycles. The lowest BCUT2D eigenvalue weighted by Crippen LogP contribution is -2.15. The van der Waals surface area contributed by atoms with Crippen LogP contribution in [0.5, 0.6) is 0 Å². The lowest BCUT2D eigenvalue weighted by atomic mass is 10.0. The van der Waals surface area contributed by atoms with Crippen LogP contribution in [0.1, 0.15) is 19.3 Å². The van der Waals surface area contributed by atoms with Crippen LogP contribution in [0.15, 0.2) is 0 Å². The molecule has 1 saturated heterocycles. The SMILES string of the molecule is Cn1nnc(NC(=O)CCC2CCNC2)n1. The van der Waals surface area contributed by atoms with Gasteiger partial charge >= 0.3 is 0 Å². The lowest BCUT2D eigenvalue weighted by molar-refractivity contribution is -0.116. The molecule has 2 N–H and O–H groups in total. The van der Waals surface area contributed by atoms with Gasteiger partial charge in [-0.3, -0.25) is 10.1 Å². The number of rotatable bonds is 4. The van der Waals surface area contributed by atoms with Crippen molar-refractivity contribution in [2.24, 2.45) is 13.0 Å². The normalized spacial score (nSPS) is 19.9.